The average molecular weight is 226 g/mol. The molecule has 1 saturated heterocycles. The van der Waals surface area contributed by atoms with Crippen molar-refractivity contribution in [3.05, 3.63) is 6.20 Å². The smallest absolute Gasteiger partial charge is 0.187 e. The second kappa shape index (κ2) is 4.81. The van der Waals surface area contributed by atoms with Crippen LogP contribution in [0.2, 0.25) is 0 Å². The van der Waals surface area contributed by atoms with Crippen LogP contribution in [0.15, 0.2) is 6.20 Å². The predicted molar refractivity (Wildman–Crippen MR) is 65.5 cm³/mol. The summed E-state index contributed by atoms with van der Waals surface area (Å²) < 4.78 is 0. The zero-order valence-electron chi connectivity index (χ0n) is 9.15. The monoisotopic (exact) mass is 226 g/mol. The molecular formula is C10H18N4S. The van der Waals surface area contributed by atoms with Gasteiger partial charge in [0, 0.05) is 20.1 Å². The molecule has 2 rings (SSSR count). The van der Waals surface area contributed by atoms with E-state index in [-0.39, 0.29) is 0 Å². The number of rotatable bonds is 4. The van der Waals surface area contributed by atoms with Gasteiger partial charge in [0.05, 0.1) is 6.20 Å². The Morgan fingerprint density at radius 3 is 2.87 bits per heavy atom. The third-order valence-corrected chi connectivity index (χ3v) is 3.73. The maximum atomic E-state index is 5.65. The Morgan fingerprint density at radius 2 is 2.27 bits per heavy atom. The molecule has 1 fully saturated rings. The minimum absolute atomic E-state index is 0.790. The number of hydrogen-bond donors (Lipinski definition) is 1. The molecule has 1 aromatic heterocycles. The lowest BCUT2D eigenvalue weighted by Gasteiger charge is -2.20. The summed E-state index contributed by atoms with van der Waals surface area (Å²) in [6.07, 6.45) is 4.44. The van der Waals surface area contributed by atoms with Gasteiger partial charge in [0.15, 0.2) is 5.13 Å². The molecule has 0 spiro atoms. The first-order chi connectivity index (χ1) is 7.25. The summed E-state index contributed by atoms with van der Waals surface area (Å²) in [4.78, 5) is 8.95. The second-order valence-electron chi connectivity index (χ2n) is 4.02. The fraction of sp³-hybridized carbons (Fsp3) is 0.700. The largest absolute Gasteiger partial charge is 0.389 e. The van der Waals surface area contributed by atoms with Crippen LogP contribution in [0, 0.1) is 0 Å². The molecule has 0 amide bonds. The number of aromatic nitrogens is 1. The summed E-state index contributed by atoms with van der Waals surface area (Å²) in [6, 6.07) is 0. The molecule has 0 radical (unpaired) electrons. The van der Waals surface area contributed by atoms with E-state index in [1.165, 1.54) is 25.9 Å². The SMILES string of the molecule is CN(CCN1CCCC1)c1ncc(N)s1. The number of nitrogen functional groups attached to an aromatic ring is 1. The fourth-order valence-corrected chi connectivity index (χ4v) is 2.52. The van der Waals surface area contributed by atoms with Crippen LogP contribution in [-0.4, -0.2) is 43.1 Å². The van der Waals surface area contributed by atoms with Crippen LogP contribution in [0.3, 0.4) is 0 Å². The minimum atomic E-state index is 0.790. The molecule has 2 N–H and O–H groups in total. The van der Waals surface area contributed by atoms with Gasteiger partial charge < -0.3 is 15.5 Å². The van der Waals surface area contributed by atoms with Crippen LogP contribution in [0.4, 0.5) is 10.1 Å². The third-order valence-electron chi connectivity index (χ3n) is 2.79. The van der Waals surface area contributed by atoms with E-state index in [0.717, 1.165) is 23.2 Å². The van der Waals surface area contributed by atoms with Crippen molar-refractivity contribution < 1.29 is 0 Å². The molecule has 0 saturated carbocycles. The lowest BCUT2D eigenvalue weighted by molar-refractivity contribution is 0.346. The molecule has 2 heterocycles. The molecule has 1 aliphatic rings. The molecule has 5 heteroatoms. The highest BCUT2D eigenvalue weighted by molar-refractivity contribution is 7.19. The molecule has 0 bridgehead atoms. The Hall–Kier alpha value is -0.810. The Labute approximate surface area is 94.7 Å². The van der Waals surface area contributed by atoms with Crippen LogP contribution >= 0.6 is 11.3 Å². The predicted octanol–water partition coefficient (Wildman–Crippen LogP) is 1.26. The Morgan fingerprint density at radius 1 is 1.53 bits per heavy atom. The Bertz CT molecular complexity index is 306. The lowest BCUT2D eigenvalue weighted by atomic mass is 10.4. The maximum Gasteiger partial charge on any atom is 0.187 e. The third kappa shape index (κ3) is 2.82. The second-order valence-corrected chi connectivity index (χ2v) is 5.06. The highest BCUT2D eigenvalue weighted by Gasteiger charge is 2.12. The van der Waals surface area contributed by atoms with Crippen molar-refractivity contribution in [2.75, 3.05) is 43.9 Å². The number of anilines is 2. The molecule has 4 nitrogen and oxygen atoms in total. The van der Waals surface area contributed by atoms with E-state index in [2.05, 4.69) is 21.8 Å². The number of likely N-dealkylation sites (N-methyl/N-ethyl adjacent to an activating group) is 1. The number of nitrogens with two attached hydrogens (primary N) is 1. The molecule has 0 atom stereocenters. The van der Waals surface area contributed by atoms with Gasteiger partial charge >= 0.3 is 0 Å². The molecule has 1 aromatic rings. The first-order valence-electron chi connectivity index (χ1n) is 5.40. The van der Waals surface area contributed by atoms with Crippen molar-refractivity contribution in [1.29, 1.82) is 0 Å². The number of thiazole rings is 1. The van der Waals surface area contributed by atoms with Crippen molar-refractivity contribution in [3.63, 3.8) is 0 Å². The van der Waals surface area contributed by atoms with Gasteiger partial charge in [-0.3, -0.25) is 0 Å². The molecule has 0 unspecified atom stereocenters. The van der Waals surface area contributed by atoms with Gasteiger partial charge in [-0.25, -0.2) is 4.98 Å². The van der Waals surface area contributed by atoms with Gasteiger partial charge in [0.2, 0.25) is 0 Å². The summed E-state index contributed by atoms with van der Waals surface area (Å²) in [7, 11) is 2.08. The Kier molecular flexibility index (Phi) is 3.43. The van der Waals surface area contributed by atoms with E-state index in [4.69, 9.17) is 5.73 Å². The van der Waals surface area contributed by atoms with Crippen molar-refractivity contribution in [3.8, 4) is 0 Å². The quantitative estimate of drug-likeness (QED) is 0.839. The van der Waals surface area contributed by atoms with E-state index in [9.17, 15) is 0 Å². The first-order valence-corrected chi connectivity index (χ1v) is 6.22. The lowest BCUT2D eigenvalue weighted by Crippen LogP contribution is -2.31. The standard InChI is InChI=1S/C10H18N4S/c1-13(10-12-8-9(11)15-10)6-7-14-4-2-3-5-14/h8H,2-7,11H2,1H3. The number of likely N-dealkylation sites (tertiary alicyclic amines) is 1. The summed E-state index contributed by atoms with van der Waals surface area (Å²) in [5, 5.41) is 1.81. The van der Waals surface area contributed by atoms with Gasteiger partial charge in [0.1, 0.15) is 5.00 Å². The molecule has 15 heavy (non-hydrogen) atoms. The summed E-state index contributed by atoms with van der Waals surface area (Å²) in [5.41, 5.74) is 5.65. The Balaban J connectivity index is 1.79. The molecular weight excluding hydrogens is 208 g/mol. The fourth-order valence-electron chi connectivity index (χ4n) is 1.85. The maximum absolute atomic E-state index is 5.65. The number of nitrogens with zero attached hydrogens (tertiary/aromatic N) is 3. The van der Waals surface area contributed by atoms with Crippen molar-refractivity contribution in [2.45, 2.75) is 12.8 Å². The van der Waals surface area contributed by atoms with Crippen molar-refractivity contribution in [2.24, 2.45) is 0 Å². The van der Waals surface area contributed by atoms with Gasteiger partial charge in [-0.2, -0.15) is 0 Å². The van der Waals surface area contributed by atoms with Crippen LogP contribution in [-0.2, 0) is 0 Å². The van der Waals surface area contributed by atoms with E-state index in [0.29, 0.717) is 0 Å². The topological polar surface area (TPSA) is 45.4 Å². The minimum Gasteiger partial charge on any atom is -0.389 e. The van der Waals surface area contributed by atoms with Crippen LogP contribution in [0.1, 0.15) is 12.8 Å². The molecule has 0 aromatic carbocycles. The molecule has 0 aliphatic carbocycles. The number of hydrogen-bond acceptors (Lipinski definition) is 5. The van der Waals surface area contributed by atoms with Crippen molar-refractivity contribution in [1.82, 2.24) is 9.88 Å². The zero-order chi connectivity index (χ0) is 10.7. The highest BCUT2D eigenvalue weighted by Crippen LogP contribution is 2.22. The zero-order valence-corrected chi connectivity index (χ0v) is 9.96. The average Bonchev–Trinajstić information content (AvgIpc) is 2.84. The normalized spacial score (nSPS) is 17.1. The van der Waals surface area contributed by atoms with Gasteiger partial charge in [-0.1, -0.05) is 11.3 Å². The van der Waals surface area contributed by atoms with Crippen molar-refractivity contribution >= 4 is 21.5 Å². The summed E-state index contributed by atoms with van der Waals surface area (Å²) in [5.74, 6) is 0. The first kappa shape index (κ1) is 10.7. The van der Waals surface area contributed by atoms with Gasteiger partial charge in [-0.05, 0) is 25.9 Å². The van der Waals surface area contributed by atoms with Crippen LogP contribution < -0.4 is 10.6 Å². The molecule has 84 valence electrons. The van der Waals surface area contributed by atoms with Crippen LogP contribution in [0.5, 0.6) is 0 Å². The van der Waals surface area contributed by atoms with Gasteiger partial charge in [0.25, 0.3) is 0 Å². The summed E-state index contributed by atoms with van der Waals surface area (Å²) in [6.45, 7) is 4.69. The molecule has 1 aliphatic heterocycles. The van der Waals surface area contributed by atoms with E-state index in [1.807, 2.05) is 0 Å². The van der Waals surface area contributed by atoms with E-state index < -0.39 is 0 Å². The van der Waals surface area contributed by atoms with Crippen LogP contribution in [0.25, 0.3) is 0 Å². The van der Waals surface area contributed by atoms with Gasteiger partial charge in [-0.15, -0.1) is 0 Å². The highest BCUT2D eigenvalue weighted by atomic mass is 32.1. The summed E-state index contributed by atoms with van der Waals surface area (Å²) >= 11 is 1.55. The van der Waals surface area contributed by atoms with E-state index in [1.54, 1.807) is 17.5 Å². The van der Waals surface area contributed by atoms with E-state index >= 15 is 0 Å².